The van der Waals surface area contributed by atoms with Gasteiger partial charge in [0.1, 0.15) is 0 Å². The Morgan fingerprint density at radius 1 is 1.00 bits per heavy atom. The maximum absolute atomic E-state index is 11.5. The molecule has 0 spiro atoms. The fourth-order valence-electron chi connectivity index (χ4n) is 1.86. The third-order valence-electron chi connectivity index (χ3n) is 2.72. The van der Waals surface area contributed by atoms with Gasteiger partial charge in [-0.15, -0.1) is 0 Å². The fourth-order valence-corrected chi connectivity index (χ4v) is 3.03. The molecular weight excluding hydrogens is 282 g/mol. The maximum Gasteiger partial charge on any atom is 0.296 e. The molecule has 1 amide bonds. The lowest BCUT2D eigenvalue weighted by molar-refractivity contribution is -0.112. The topological polar surface area (TPSA) is 46.2 Å². The van der Waals surface area contributed by atoms with Gasteiger partial charge in [-0.1, -0.05) is 29.4 Å². The van der Waals surface area contributed by atoms with Gasteiger partial charge in [0.15, 0.2) is 0 Å². The zero-order chi connectivity index (χ0) is 13.4. The number of anilines is 1. The van der Waals surface area contributed by atoms with Crippen LogP contribution in [-0.4, -0.2) is 11.7 Å². The van der Waals surface area contributed by atoms with Crippen LogP contribution in [0.25, 0.3) is 0 Å². The van der Waals surface area contributed by atoms with Crippen LogP contribution in [0, 0.1) is 0 Å². The lowest BCUT2D eigenvalue weighted by atomic mass is 10.1. The maximum atomic E-state index is 11.5. The van der Waals surface area contributed by atoms with Crippen molar-refractivity contribution in [3.8, 4) is 0 Å². The molecule has 0 radical (unpaired) electrons. The number of Topliss-reactive ketones (excluding diaryl/α,β-unsaturated/α-hetero) is 1. The molecule has 0 saturated carbocycles. The molecule has 0 bridgehead atoms. The fraction of sp³-hybridized carbons (Fsp3) is 0. The number of hydrogen-bond donors (Lipinski definition) is 1. The summed E-state index contributed by atoms with van der Waals surface area (Å²) in [5.74, 6) is -1.05. The van der Waals surface area contributed by atoms with Crippen LogP contribution in [0.4, 0.5) is 5.69 Å². The Morgan fingerprint density at radius 2 is 1.79 bits per heavy atom. The summed E-state index contributed by atoms with van der Waals surface area (Å²) in [6.07, 6.45) is 0. The average Bonchev–Trinajstić information content (AvgIpc) is 2.65. The predicted octanol–water partition coefficient (Wildman–Crippen LogP) is 3.63. The van der Waals surface area contributed by atoms with Crippen LogP contribution >= 0.6 is 23.4 Å². The summed E-state index contributed by atoms with van der Waals surface area (Å²) < 4.78 is 0. The molecule has 5 heteroatoms. The molecule has 0 fully saturated rings. The van der Waals surface area contributed by atoms with Crippen molar-refractivity contribution in [2.45, 2.75) is 9.79 Å². The number of rotatable bonds is 2. The molecule has 0 saturated heterocycles. The summed E-state index contributed by atoms with van der Waals surface area (Å²) in [4.78, 5) is 24.7. The third kappa shape index (κ3) is 2.37. The van der Waals surface area contributed by atoms with Gasteiger partial charge in [-0.05, 0) is 36.4 Å². The molecule has 3 rings (SSSR count). The van der Waals surface area contributed by atoms with Crippen LogP contribution in [0.2, 0.25) is 5.02 Å². The first-order valence-corrected chi connectivity index (χ1v) is 6.76. The molecule has 2 aromatic carbocycles. The van der Waals surface area contributed by atoms with E-state index in [0.717, 1.165) is 9.79 Å². The minimum atomic E-state index is -0.570. The first-order valence-electron chi connectivity index (χ1n) is 5.56. The predicted molar refractivity (Wildman–Crippen MR) is 75.0 cm³/mol. The van der Waals surface area contributed by atoms with Crippen LogP contribution in [0.3, 0.4) is 0 Å². The number of fused-ring (bicyclic) bond motifs is 1. The van der Waals surface area contributed by atoms with E-state index in [1.165, 1.54) is 11.8 Å². The quantitative estimate of drug-likeness (QED) is 0.859. The van der Waals surface area contributed by atoms with E-state index in [1.54, 1.807) is 12.1 Å². The molecule has 0 aliphatic carbocycles. The van der Waals surface area contributed by atoms with E-state index >= 15 is 0 Å². The number of halogens is 1. The van der Waals surface area contributed by atoms with Crippen molar-refractivity contribution < 1.29 is 9.59 Å². The van der Waals surface area contributed by atoms with Gasteiger partial charge in [0.25, 0.3) is 11.7 Å². The second-order valence-electron chi connectivity index (χ2n) is 4.05. The minimum absolute atomic E-state index is 0.431. The van der Waals surface area contributed by atoms with Crippen molar-refractivity contribution in [3.63, 3.8) is 0 Å². The van der Waals surface area contributed by atoms with Crippen LogP contribution in [-0.2, 0) is 4.79 Å². The number of amides is 1. The Balaban J connectivity index is 1.90. The van der Waals surface area contributed by atoms with E-state index in [4.69, 9.17) is 11.6 Å². The summed E-state index contributed by atoms with van der Waals surface area (Å²) in [6.45, 7) is 0. The summed E-state index contributed by atoms with van der Waals surface area (Å²) in [5.41, 5.74) is 1.00. The standard InChI is InChI=1S/C14H8ClNO2S/c15-8-2-1-3-9(6-8)19-10-4-5-11-12(7-10)16-14(18)13(11)17/h1-7H,(H,16,17,18). The zero-order valence-electron chi connectivity index (χ0n) is 9.64. The summed E-state index contributed by atoms with van der Waals surface area (Å²) in [7, 11) is 0. The van der Waals surface area contributed by atoms with E-state index in [2.05, 4.69) is 5.32 Å². The second-order valence-corrected chi connectivity index (χ2v) is 5.63. The Labute approximate surface area is 119 Å². The highest BCUT2D eigenvalue weighted by Crippen LogP contribution is 2.33. The number of benzene rings is 2. The molecule has 1 heterocycles. The van der Waals surface area contributed by atoms with Gasteiger partial charge in [-0.2, -0.15) is 0 Å². The zero-order valence-corrected chi connectivity index (χ0v) is 11.2. The molecule has 94 valence electrons. The van der Waals surface area contributed by atoms with Crippen molar-refractivity contribution in [2.24, 2.45) is 0 Å². The van der Waals surface area contributed by atoms with Gasteiger partial charge in [-0.25, -0.2) is 0 Å². The monoisotopic (exact) mass is 289 g/mol. The smallest absolute Gasteiger partial charge is 0.296 e. The SMILES string of the molecule is O=C1Nc2cc(Sc3cccc(Cl)c3)ccc2C1=O. The van der Waals surface area contributed by atoms with Gasteiger partial charge in [0.2, 0.25) is 0 Å². The lowest BCUT2D eigenvalue weighted by Gasteiger charge is -2.04. The molecule has 1 aliphatic heterocycles. The molecule has 0 atom stereocenters. The minimum Gasteiger partial charge on any atom is -0.318 e. The van der Waals surface area contributed by atoms with Gasteiger partial charge in [0, 0.05) is 14.8 Å². The van der Waals surface area contributed by atoms with Crippen LogP contribution in [0.5, 0.6) is 0 Å². The highest BCUT2D eigenvalue weighted by atomic mass is 35.5. The molecule has 0 aromatic heterocycles. The van der Waals surface area contributed by atoms with Crippen molar-refractivity contribution in [3.05, 3.63) is 53.1 Å². The Bertz CT molecular complexity index is 700. The van der Waals surface area contributed by atoms with Crippen LogP contribution in [0.15, 0.2) is 52.3 Å². The van der Waals surface area contributed by atoms with Crippen molar-refractivity contribution in [1.82, 2.24) is 0 Å². The highest BCUT2D eigenvalue weighted by molar-refractivity contribution is 7.99. The van der Waals surface area contributed by atoms with E-state index < -0.39 is 11.7 Å². The molecule has 1 aliphatic rings. The first-order chi connectivity index (χ1) is 9.13. The lowest BCUT2D eigenvalue weighted by Crippen LogP contribution is -2.12. The van der Waals surface area contributed by atoms with E-state index in [9.17, 15) is 9.59 Å². The molecule has 19 heavy (non-hydrogen) atoms. The highest BCUT2D eigenvalue weighted by Gasteiger charge is 2.27. The molecule has 3 nitrogen and oxygen atoms in total. The molecule has 0 unspecified atom stereocenters. The van der Waals surface area contributed by atoms with E-state index in [-0.39, 0.29) is 0 Å². The second kappa shape index (κ2) is 4.72. The van der Waals surface area contributed by atoms with Gasteiger partial charge >= 0.3 is 0 Å². The third-order valence-corrected chi connectivity index (χ3v) is 3.94. The van der Waals surface area contributed by atoms with Gasteiger partial charge in [0.05, 0.1) is 11.3 Å². The van der Waals surface area contributed by atoms with Gasteiger partial charge < -0.3 is 5.32 Å². The van der Waals surface area contributed by atoms with Gasteiger partial charge in [-0.3, -0.25) is 9.59 Å². The number of ketones is 1. The Morgan fingerprint density at radius 3 is 2.58 bits per heavy atom. The Kier molecular flexibility index (Phi) is 3.05. The summed E-state index contributed by atoms with van der Waals surface area (Å²) in [6, 6.07) is 12.8. The van der Waals surface area contributed by atoms with Crippen LogP contribution in [0.1, 0.15) is 10.4 Å². The number of carbonyl (C=O) groups excluding carboxylic acids is 2. The average molecular weight is 290 g/mol. The van der Waals surface area contributed by atoms with Crippen molar-refractivity contribution in [2.75, 3.05) is 5.32 Å². The normalized spacial score (nSPS) is 13.3. The van der Waals surface area contributed by atoms with Crippen LogP contribution < -0.4 is 5.32 Å². The number of hydrogen-bond acceptors (Lipinski definition) is 3. The van der Waals surface area contributed by atoms with E-state index in [1.807, 2.05) is 30.3 Å². The van der Waals surface area contributed by atoms with Crippen molar-refractivity contribution in [1.29, 1.82) is 0 Å². The largest absolute Gasteiger partial charge is 0.318 e. The number of carbonyl (C=O) groups is 2. The summed E-state index contributed by atoms with van der Waals surface area (Å²) in [5, 5.41) is 3.23. The number of nitrogens with one attached hydrogen (secondary N) is 1. The molecular formula is C14H8ClNO2S. The Hall–Kier alpha value is -1.78. The molecule has 2 aromatic rings. The van der Waals surface area contributed by atoms with E-state index in [0.29, 0.717) is 16.3 Å². The first kappa shape index (κ1) is 12.3. The summed E-state index contributed by atoms with van der Waals surface area (Å²) >= 11 is 7.45. The van der Waals surface area contributed by atoms with Crippen molar-refractivity contribution >= 4 is 40.7 Å². The molecule has 1 N–H and O–H groups in total.